The van der Waals surface area contributed by atoms with Crippen molar-refractivity contribution in [1.29, 1.82) is 0 Å². The number of nitrogens with one attached hydrogen (secondary N) is 2. The van der Waals surface area contributed by atoms with Crippen LogP contribution < -0.4 is 16.4 Å². The molecule has 0 spiro atoms. The average molecular weight is 246 g/mol. The minimum absolute atomic E-state index is 0.234. The first-order valence-electron chi connectivity index (χ1n) is 5.61. The van der Waals surface area contributed by atoms with Gasteiger partial charge in [-0.1, -0.05) is 12.1 Å². The summed E-state index contributed by atoms with van der Waals surface area (Å²) in [6.07, 6.45) is 0. The standard InChI is InChI=1S/C13H15FN4/c1-16-13-11(15)6-7-12(18-13)17-8-9-2-4-10(14)5-3-9/h2-7H,8,15H2,1H3,(H2,16,17,18). The number of aromatic nitrogens is 1. The zero-order valence-electron chi connectivity index (χ0n) is 10.1. The van der Waals surface area contributed by atoms with E-state index in [1.165, 1.54) is 12.1 Å². The second kappa shape index (κ2) is 5.35. The topological polar surface area (TPSA) is 63.0 Å². The van der Waals surface area contributed by atoms with Crippen LogP contribution in [0.3, 0.4) is 0 Å². The third-order valence-corrected chi connectivity index (χ3v) is 2.55. The molecule has 94 valence electrons. The largest absolute Gasteiger partial charge is 0.396 e. The van der Waals surface area contributed by atoms with E-state index in [1.807, 2.05) is 0 Å². The molecule has 4 nitrogen and oxygen atoms in total. The van der Waals surface area contributed by atoms with Crippen molar-refractivity contribution in [2.45, 2.75) is 6.54 Å². The highest BCUT2D eigenvalue weighted by Crippen LogP contribution is 2.18. The normalized spacial score (nSPS) is 10.1. The highest BCUT2D eigenvalue weighted by molar-refractivity contribution is 5.64. The van der Waals surface area contributed by atoms with Crippen LogP contribution in [-0.2, 0) is 6.54 Å². The van der Waals surface area contributed by atoms with E-state index in [9.17, 15) is 4.39 Å². The fourth-order valence-corrected chi connectivity index (χ4v) is 1.56. The van der Waals surface area contributed by atoms with Gasteiger partial charge in [0, 0.05) is 13.6 Å². The average Bonchev–Trinajstić information content (AvgIpc) is 2.39. The van der Waals surface area contributed by atoms with Crippen molar-refractivity contribution in [2.24, 2.45) is 0 Å². The second-order valence-corrected chi connectivity index (χ2v) is 3.86. The number of hydrogen-bond acceptors (Lipinski definition) is 4. The Labute approximate surface area is 105 Å². The molecule has 2 rings (SSSR count). The molecule has 0 bridgehead atoms. The monoisotopic (exact) mass is 246 g/mol. The SMILES string of the molecule is CNc1nc(NCc2ccc(F)cc2)ccc1N. The van der Waals surface area contributed by atoms with Crippen LogP contribution >= 0.6 is 0 Å². The number of hydrogen-bond donors (Lipinski definition) is 3. The van der Waals surface area contributed by atoms with Crippen molar-refractivity contribution in [3.8, 4) is 0 Å². The van der Waals surface area contributed by atoms with Crippen LogP contribution in [0.5, 0.6) is 0 Å². The third-order valence-electron chi connectivity index (χ3n) is 2.55. The molecule has 18 heavy (non-hydrogen) atoms. The van der Waals surface area contributed by atoms with Crippen molar-refractivity contribution in [1.82, 2.24) is 4.98 Å². The molecule has 0 aliphatic heterocycles. The van der Waals surface area contributed by atoms with Gasteiger partial charge < -0.3 is 16.4 Å². The van der Waals surface area contributed by atoms with E-state index < -0.39 is 0 Å². The van der Waals surface area contributed by atoms with Gasteiger partial charge in [-0.2, -0.15) is 0 Å². The van der Waals surface area contributed by atoms with E-state index in [0.29, 0.717) is 18.1 Å². The van der Waals surface area contributed by atoms with Crippen LogP contribution in [0.4, 0.5) is 21.7 Å². The Morgan fingerprint density at radius 2 is 1.89 bits per heavy atom. The fraction of sp³-hybridized carbons (Fsp3) is 0.154. The van der Waals surface area contributed by atoms with E-state index in [-0.39, 0.29) is 5.82 Å². The molecule has 0 amide bonds. The van der Waals surface area contributed by atoms with Gasteiger partial charge >= 0.3 is 0 Å². The number of nitrogens with two attached hydrogens (primary N) is 1. The summed E-state index contributed by atoms with van der Waals surface area (Å²) in [5.41, 5.74) is 7.32. The molecule has 5 heteroatoms. The highest BCUT2D eigenvalue weighted by Gasteiger charge is 2.01. The third kappa shape index (κ3) is 2.88. The first-order chi connectivity index (χ1) is 8.69. The number of nitrogens with zero attached hydrogens (tertiary/aromatic N) is 1. The van der Waals surface area contributed by atoms with Crippen LogP contribution in [0.25, 0.3) is 0 Å². The van der Waals surface area contributed by atoms with Crippen LogP contribution in [0.1, 0.15) is 5.56 Å². The van der Waals surface area contributed by atoms with Gasteiger partial charge in [-0.3, -0.25) is 0 Å². The van der Waals surface area contributed by atoms with Crippen molar-refractivity contribution >= 4 is 17.3 Å². The molecule has 2 aromatic rings. The lowest BCUT2D eigenvalue weighted by molar-refractivity contribution is 0.627. The lowest BCUT2D eigenvalue weighted by atomic mass is 10.2. The summed E-state index contributed by atoms with van der Waals surface area (Å²) in [4.78, 5) is 4.30. The Kier molecular flexibility index (Phi) is 3.62. The molecule has 4 N–H and O–H groups in total. The summed E-state index contributed by atoms with van der Waals surface area (Å²) in [7, 11) is 1.77. The molecular formula is C13H15FN4. The zero-order chi connectivity index (χ0) is 13.0. The van der Waals surface area contributed by atoms with Gasteiger partial charge in [-0.05, 0) is 29.8 Å². The number of nitrogen functional groups attached to an aromatic ring is 1. The van der Waals surface area contributed by atoms with E-state index in [4.69, 9.17) is 5.73 Å². The Hall–Kier alpha value is -2.30. The predicted octanol–water partition coefficient (Wildman–Crippen LogP) is 2.46. The van der Waals surface area contributed by atoms with E-state index in [2.05, 4.69) is 15.6 Å². The van der Waals surface area contributed by atoms with Gasteiger partial charge in [0.05, 0.1) is 5.69 Å². The molecule has 0 fully saturated rings. The number of rotatable bonds is 4. The molecule has 0 saturated heterocycles. The molecule has 0 saturated carbocycles. The minimum Gasteiger partial charge on any atom is -0.396 e. The van der Waals surface area contributed by atoms with Gasteiger partial charge in [-0.15, -0.1) is 0 Å². The van der Waals surface area contributed by atoms with Gasteiger partial charge in [0.1, 0.15) is 11.6 Å². The Balaban J connectivity index is 2.04. The van der Waals surface area contributed by atoms with Crippen LogP contribution in [0.15, 0.2) is 36.4 Å². The molecule has 1 aromatic heterocycles. The Morgan fingerprint density at radius 1 is 1.17 bits per heavy atom. The predicted molar refractivity (Wildman–Crippen MR) is 71.9 cm³/mol. The summed E-state index contributed by atoms with van der Waals surface area (Å²) in [5.74, 6) is 1.12. The molecule has 1 heterocycles. The molecule has 1 aromatic carbocycles. The minimum atomic E-state index is -0.234. The van der Waals surface area contributed by atoms with Crippen LogP contribution in [0.2, 0.25) is 0 Å². The highest BCUT2D eigenvalue weighted by atomic mass is 19.1. The quantitative estimate of drug-likeness (QED) is 0.775. The molecular weight excluding hydrogens is 231 g/mol. The van der Waals surface area contributed by atoms with Crippen molar-refractivity contribution < 1.29 is 4.39 Å². The van der Waals surface area contributed by atoms with Crippen molar-refractivity contribution in [3.05, 3.63) is 47.8 Å². The first kappa shape index (κ1) is 12.2. The number of anilines is 3. The first-order valence-corrected chi connectivity index (χ1v) is 5.61. The summed E-state index contributed by atoms with van der Waals surface area (Å²) in [6, 6.07) is 9.93. The number of benzene rings is 1. The number of pyridine rings is 1. The van der Waals surface area contributed by atoms with E-state index >= 15 is 0 Å². The smallest absolute Gasteiger partial charge is 0.151 e. The molecule has 0 aliphatic carbocycles. The second-order valence-electron chi connectivity index (χ2n) is 3.86. The molecule has 0 aliphatic rings. The van der Waals surface area contributed by atoms with Gasteiger partial charge in [0.15, 0.2) is 5.82 Å². The van der Waals surface area contributed by atoms with Gasteiger partial charge in [0.2, 0.25) is 0 Å². The van der Waals surface area contributed by atoms with E-state index in [0.717, 1.165) is 11.4 Å². The van der Waals surface area contributed by atoms with Gasteiger partial charge in [0.25, 0.3) is 0 Å². The fourth-order valence-electron chi connectivity index (χ4n) is 1.56. The Morgan fingerprint density at radius 3 is 2.56 bits per heavy atom. The maximum absolute atomic E-state index is 12.7. The molecule has 0 radical (unpaired) electrons. The summed E-state index contributed by atoms with van der Waals surface area (Å²) < 4.78 is 12.7. The summed E-state index contributed by atoms with van der Waals surface area (Å²) in [6.45, 7) is 0.584. The molecule has 0 unspecified atom stereocenters. The number of halogens is 1. The van der Waals surface area contributed by atoms with Crippen molar-refractivity contribution in [2.75, 3.05) is 23.4 Å². The maximum atomic E-state index is 12.7. The van der Waals surface area contributed by atoms with Crippen LogP contribution in [0, 0.1) is 5.82 Å². The zero-order valence-corrected chi connectivity index (χ0v) is 10.1. The van der Waals surface area contributed by atoms with Crippen molar-refractivity contribution in [3.63, 3.8) is 0 Å². The van der Waals surface area contributed by atoms with E-state index in [1.54, 1.807) is 31.3 Å². The summed E-state index contributed by atoms with van der Waals surface area (Å²) >= 11 is 0. The van der Waals surface area contributed by atoms with Crippen LogP contribution in [-0.4, -0.2) is 12.0 Å². The molecule has 0 atom stereocenters. The lowest BCUT2D eigenvalue weighted by Gasteiger charge is -2.09. The summed E-state index contributed by atoms with van der Waals surface area (Å²) in [5, 5.41) is 6.07. The lowest BCUT2D eigenvalue weighted by Crippen LogP contribution is -2.05. The van der Waals surface area contributed by atoms with Gasteiger partial charge in [-0.25, -0.2) is 9.37 Å². The maximum Gasteiger partial charge on any atom is 0.151 e. The Bertz CT molecular complexity index is 525.